The molecule has 0 radical (unpaired) electrons. The van der Waals surface area contributed by atoms with E-state index in [-0.39, 0.29) is 0 Å². The van der Waals surface area contributed by atoms with Gasteiger partial charge in [-0.15, -0.1) is 0 Å². The van der Waals surface area contributed by atoms with E-state index in [9.17, 15) is 4.79 Å². The molecule has 0 saturated heterocycles. The minimum absolute atomic E-state index is 0.314. The van der Waals surface area contributed by atoms with Gasteiger partial charge in [0.1, 0.15) is 5.78 Å². The van der Waals surface area contributed by atoms with Crippen molar-refractivity contribution in [3.63, 3.8) is 0 Å². The molecule has 0 aliphatic heterocycles. The fraction of sp³-hybridized carbons (Fsp3) is 0.889. The fourth-order valence-corrected chi connectivity index (χ4v) is 2.25. The van der Waals surface area contributed by atoms with Crippen LogP contribution >= 0.6 is 0 Å². The van der Waals surface area contributed by atoms with Gasteiger partial charge in [-0.05, 0) is 24.2 Å². The maximum Gasteiger partial charge on any atom is 0.136 e. The van der Waals surface area contributed by atoms with Gasteiger partial charge in [0.25, 0.3) is 0 Å². The highest BCUT2D eigenvalue weighted by molar-refractivity contribution is 5.85. The Morgan fingerprint density at radius 2 is 2.20 bits per heavy atom. The molecule has 2 unspecified atom stereocenters. The number of Topliss-reactive ketones (excluding diaryl/α,β-unsaturated/α-hetero) is 1. The zero-order chi connectivity index (χ0) is 7.35. The van der Waals surface area contributed by atoms with Crippen LogP contribution in [0.5, 0.6) is 0 Å². The molecule has 0 N–H and O–H groups in total. The number of rotatable bonds is 0. The van der Waals surface area contributed by atoms with Gasteiger partial charge in [0.05, 0.1) is 0 Å². The summed E-state index contributed by atoms with van der Waals surface area (Å²) < 4.78 is 0. The quantitative estimate of drug-likeness (QED) is 0.500. The van der Waals surface area contributed by atoms with Gasteiger partial charge in [0, 0.05) is 12.3 Å². The number of hydrogen-bond acceptors (Lipinski definition) is 1. The molecule has 0 spiro atoms. The van der Waals surface area contributed by atoms with Crippen molar-refractivity contribution in [2.75, 3.05) is 0 Å². The highest BCUT2D eigenvalue weighted by Crippen LogP contribution is 2.53. The first-order valence-corrected chi connectivity index (χ1v) is 4.11. The molecule has 1 heteroatoms. The van der Waals surface area contributed by atoms with Crippen LogP contribution in [0, 0.1) is 17.3 Å². The van der Waals surface area contributed by atoms with E-state index in [1.165, 1.54) is 12.8 Å². The van der Waals surface area contributed by atoms with Crippen molar-refractivity contribution in [3.8, 4) is 0 Å². The lowest BCUT2D eigenvalue weighted by Crippen LogP contribution is -2.24. The topological polar surface area (TPSA) is 17.1 Å². The van der Waals surface area contributed by atoms with Crippen LogP contribution in [0.15, 0.2) is 0 Å². The van der Waals surface area contributed by atoms with Gasteiger partial charge in [-0.3, -0.25) is 4.79 Å². The molecular formula is C9H14O. The lowest BCUT2D eigenvalue weighted by Gasteiger charge is -2.27. The monoisotopic (exact) mass is 138 g/mol. The van der Waals surface area contributed by atoms with Crippen molar-refractivity contribution >= 4 is 5.78 Å². The Bertz CT molecular complexity index is 181. The minimum Gasteiger partial charge on any atom is -0.299 e. The third-order valence-electron chi connectivity index (χ3n) is 2.80. The molecule has 2 aliphatic rings. The predicted octanol–water partition coefficient (Wildman–Crippen LogP) is 2.01. The smallest absolute Gasteiger partial charge is 0.136 e. The maximum absolute atomic E-state index is 11.3. The standard InChI is InChI=1S/C9H14O/c1-9(2)4-6-3-7(6)8(10)5-9/h6-7H,3-5H2,1-2H3. The second-order valence-corrected chi connectivity index (χ2v) is 4.61. The third-order valence-corrected chi connectivity index (χ3v) is 2.80. The predicted molar refractivity (Wildman–Crippen MR) is 39.6 cm³/mol. The van der Waals surface area contributed by atoms with Gasteiger partial charge in [0.15, 0.2) is 0 Å². The Hall–Kier alpha value is -0.330. The highest BCUT2D eigenvalue weighted by atomic mass is 16.1. The SMILES string of the molecule is CC1(C)CC(=O)C2CC2C1. The number of ketones is 1. The van der Waals surface area contributed by atoms with Gasteiger partial charge in [-0.1, -0.05) is 13.8 Å². The van der Waals surface area contributed by atoms with E-state index in [0.29, 0.717) is 17.1 Å². The molecule has 0 aromatic carbocycles. The van der Waals surface area contributed by atoms with E-state index >= 15 is 0 Å². The van der Waals surface area contributed by atoms with Crippen molar-refractivity contribution in [3.05, 3.63) is 0 Å². The lowest BCUT2D eigenvalue weighted by atomic mass is 9.77. The molecule has 56 valence electrons. The molecule has 2 atom stereocenters. The van der Waals surface area contributed by atoms with Crippen LogP contribution in [0.4, 0.5) is 0 Å². The number of carbonyl (C=O) groups is 1. The van der Waals surface area contributed by atoms with Crippen molar-refractivity contribution in [2.45, 2.75) is 33.1 Å². The van der Waals surface area contributed by atoms with E-state index in [1.54, 1.807) is 0 Å². The summed E-state index contributed by atoms with van der Waals surface area (Å²) >= 11 is 0. The summed E-state index contributed by atoms with van der Waals surface area (Å²) in [6.07, 6.45) is 3.31. The summed E-state index contributed by atoms with van der Waals surface area (Å²) in [6.45, 7) is 4.42. The van der Waals surface area contributed by atoms with Crippen LogP contribution in [-0.2, 0) is 4.79 Å². The van der Waals surface area contributed by atoms with Crippen LogP contribution in [0.25, 0.3) is 0 Å². The van der Waals surface area contributed by atoms with Gasteiger partial charge >= 0.3 is 0 Å². The molecule has 1 nitrogen and oxygen atoms in total. The van der Waals surface area contributed by atoms with Crippen LogP contribution < -0.4 is 0 Å². The largest absolute Gasteiger partial charge is 0.299 e. The van der Waals surface area contributed by atoms with Crippen LogP contribution in [0.2, 0.25) is 0 Å². The van der Waals surface area contributed by atoms with Crippen molar-refractivity contribution in [1.82, 2.24) is 0 Å². The summed E-state index contributed by atoms with van der Waals surface area (Å²) in [6, 6.07) is 0. The molecule has 0 aromatic rings. The number of hydrogen-bond donors (Lipinski definition) is 0. The summed E-state index contributed by atoms with van der Waals surface area (Å²) in [5, 5.41) is 0. The molecule has 0 aromatic heterocycles. The van der Waals surface area contributed by atoms with E-state index in [2.05, 4.69) is 13.8 Å². The first kappa shape index (κ1) is 6.38. The van der Waals surface area contributed by atoms with E-state index in [4.69, 9.17) is 0 Å². The molecule has 2 rings (SSSR count). The van der Waals surface area contributed by atoms with Crippen LogP contribution in [-0.4, -0.2) is 5.78 Å². The second-order valence-electron chi connectivity index (χ2n) is 4.61. The average molecular weight is 138 g/mol. The Morgan fingerprint density at radius 1 is 1.50 bits per heavy atom. The Labute approximate surface area is 61.8 Å². The van der Waals surface area contributed by atoms with Gasteiger partial charge in [-0.2, -0.15) is 0 Å². The molecule has 0 heterocycles. The Kier molecular flexibility index (Phi) is 1.04. The zero-order valence-corrected chi connectivity index (χ0v) is 6.68. The number of fused-ring (bicyclic) bond motifs is 1. The average Bonchev–Trinajstić information content (AvgIpc) is 2.40. The summed E-state index contributed by atoms with van der Waals surface area (Å²) in [5.74, 6) is 1.80. The van der Waals surface area contributed by atoms with E-state index in [0.717, 1.165) is 12.3 Å². The first-order chi connectivity index (χ1) is 4.58. The second kappa shape index (κ2) is 1.63. The van der Waals surface area contributed by atoms with Crippen LogP contribution in [0.3, 0.4) is 0 Å². The zero-order valence-electron chi connectivity index (χ0n) is 6.68. The van der Waals surface area contributed by atoms with E-state index in [1.807, 2.05) is 0 Å². The number of carbonyl (C=O) groups excluding carboxylic acids is 1. The van der Waals surface area contributed by atoms with Crippen molar-refractivity contribution in [2.24, 2.45) is 17.3 Å². The summed E-state index contributed by atoms with van der Waals surface area (Å²) in [7, 11) is 0. The molecular weight excluding hydrogens is 124 g/mol. The summed E-state index contributed by atoms with van der Waals surface area (Å²) in [5.41, 5.74) is 0.314. The van der Waals surface area contributed by atoms with E-state index < -0.39 is 0 Å². The minimum atomic E-state index is 0.314. The molecule has 2 saturated carbocycles. The van der Waals surface area contributed by atoms with Gasteiger partial charge < -0.3 is 0 Å². The summed E-state index contributed by atoms with van der Waals surface area (Å²) in [4.78, 5) is 11.3. The highest BCUT2D eigenvalue weighted by Gasteiger charge is 2.50. The molecule has 10 heavy (non-hydrogen) atoms. The molecule has 0 bridgehead atoms. The first-order valence-electron chi connectivity index (χ1n) is 4.11. The van der Waals surface area contributed by atoms with Crippen molar-refractivity contribution < 1.29 is 4.79 Å². The molecule has 0 amide bonds. The van der Waals surface area contributed by atoms with Crippen molar-refractivity contribution in [1.29, 1.82) is 0 Å². The fourth-order valence-electron chi connectivity index (χ4n) is 2.25. The van der Waals surface area contributed by atoms with Crippen LogP contribution in [0.1, 0.15) is 33.1 Å². The lowest BCUT2D eigenvalue weighted by molar-refractivity contribution is -0.124. The normalized spacial score (nSPS) is 42.8. The maximum atomic E-state index is 11.3. The van der Waals surface area contributed by atoms with Gasteiger partial charge in [0.2, 0.25) is 0 Å². The third kappa shape index (κ3) is 0.882. The molecule has 2 fully saturated rings. The van der Waals surface area contributed by atoms with Gasteiger partial charge in [-0.25, -0.2) is 0 Å². The Balaban J connectivity index is 2.13. The Morgan fingerprint density at radius 3 is 2.80 bits per heavy atom. The molecule has 2 aliphatic carbocycles.